The Balaban J connectivity index is 1.96. The molecule has 0 aliphatic carbocycles. The average Bonchev–Trinajstić information content (AvgIpc) is 2.44. The van der Waals surface area contributed by atoms with Gasteiger partial charge in [-0.1, -0.05) is 37.1 Å². The van der Waals surface area contributed by atoms with Crippen LogP contribution in [0.25, 0.3) is 0 Å². The molecule has 106 valence electrons. The SMILES string of the molecule is CCN(Cc1cccc(F)c1Cl)CC1CCCCN1. The maximum Gasteiger partial charge on any atom is 0.142 e. The Morgan fingerprint density at radius 1 is 1.42 bits per heavy atom. The maximum atomic E-state index is 13.4. The van der Waals surface area contributed by atoms with Crippen molar-refractivity contribution >= 4 is 11.6 Å². The molecule has 1 unspecified atom stereocenters. The predicted molar refractivity (Wildman–Crippen MR) is 78.0 cm³/mol. The largest absolute Gasteiger partial charge is 0.313 e. The Morgan fingerprint density at radius 2 is 2.26 bits per heavy atom. The number of hydrogen-bond acceptors (Lipinski definition) is 2. The van der Waals surface area contributed by atoms with Gasteiger partial charge in [0.25, 0.3) is 0 Å². The molecule has 0 spiro atoms. The van der Waals surface area contributed by atoms with E-state index in [0.717, 1.165) is 25.2 Å². The number of benzene rings is 1. The summed E-state index contributed by atoms with van der Waals surface area (Å²) < 4.78 is 13.4. The minimum atomic E-state index is -0.328. The van der Waals surface area contributed by atoms with Gasteiger partial charge < -0.3 is 5.32 Å². The molecular formula is C15H22ClFN2. The fourth-order valence-electron chi connectivity index (χ4n) is 2.61. The Hall–Kier alpha value is -0.640. The number of piperidine rings is 1. The summed E-state index contributed by atoms with van der Waals surface area (Å²) in [4.78, 5) is 2.32. The minimum Gasteiger partial charge on any atom is -0.313 e. The molecule has 0 bridgehead atoms. The van der Waals surface area contributed by atoms with Crippen molar-refractivity contribution in [2.24, 2.45) is 0 Å². The molecule has 0 radical (unpaired) electrons. The van der Waals surface area contributed by atoms with Crippen LogP contribution in [0.15, 0.2) is 18.2 Å². The van der Waals surface area contributed by atoms with Crippen molar-refractivity contribution in [3.63, 3.8) is 0 Å². The number of hydrogen-bond donors (Lipinski definition) is 1. The van der Waals surface area contributed by atoms with Gasteiger partial charge in [0, 0.05) is 19.1 Å². The zero-order valence-electron chi connectivity index (χ0n) is 11.5. The van der Waals surface area contributed by atoms with Crippen molar-refractivity contribution in [1.29, 1.82) is 0 Å². The van der Waals surface area contributed by atoms with E-state index in [1.165, 1.54) is 25.3 Å². The fraction of sp³-hybridized carbons (Fsp3) is 0.600. The second-order valence-electron chi connectivity index (χ2n) is 5.19. The molecule has 1 saturated heterocycles. The summed E-state index contributed by atoms with van der Waals surface area (Å²) in [5.41, 5.74) is 0.874. The molecule has 2 rings (SSSR count). The van der Waals surface area contributed by atoms with Gasteiger partial charge in [-0.25, -0.2) is 4.39 Å². The van der Waals surface area contributed by atoms with Crippen molar-refractivity contribution in [2.45, 2.75) is 38.8 Å². The second kappa shape index (κ2) is 7.22. The number of halogens is 2. The van der Waals surface area contributed by atoms with Crippen molar-refractivity contribution in [1.82, 2.24) is 10.2 Å². The summed E-state index contributed by atoms with van der Waals surface area (Å²) in [6.07, 6.45) is 3.81. The molecule has 1 aromatic carbocycles. The minimum absolute atomic E-state index is 0.262. The predicted octanol–water partition coefficient (Wildman–Crippen LogP) is 3.44. The smallest absolute Gasteiger partial charge is 0.142 e. The highest BCUT2D eigenvalue weighted by molar-refractivity contribution is 6.31. The first kappa shape index (κ1) is 14.8. The van der Waals surface area contributed by atoms with Gasteiger partial charge in [0.2, 0.25) is 0 Å². The summed E-state index contributed by atoms with van der Waals surface area (Å²) in [7, 11) is 0. The highest BCUT2D eigenvalue weighted by Crippen LogP contribution is 2.21. The highest BCUT2D eigenvalue weighted by atomic mass is 35.5. The molecule has 2 nitrogen and oxygen atoms in total. The summed E-state index contributed by atoms with van der Waals surface area (Å²) in [6.45, 7) is 5.92. The molecule has 0 aromatic heterocycles. The van der Waals surface area contributed by atoms with Crippen LogP contribution in [0.1, 0.15) is 31.7 Å². The van der Waals surface area contributed by atoms with Gasteiger partial charge >= 0.3 is 0 Å². The molecule has 1 fully saturated rings. The fourth-order valence-corrected chi connectivity index (χ4v) is 2.79. The van der Waals surface area contributed by atoms with Crippen molar-refractivity contribution in [2.75, 3.05) is 19.6 Å². The Labute approximate surface area is 119 Å². The van der Waals surface area contributed by atoms with Gasteiger partial charge in [-0.15, -0.1) is 0 Å². The van der Waals surface area contributed by atoms with Crippen LogP contribution in [0, 0.1) is 5.82 Å². The molecule has 19 heavy (non-hydrogen) atoms. The Morgan fingerprint density at radius 3 is 2.95 bits per heavy atom. The van der Waals surface area contributed by atoms with Gasteiger partial charge in [-0.2, -0.15) is 0 Å². The van der Waals surface area contributed by atoms with E-state index in [4.69, 9.17) is 11.6 Å². The van der Waals surface area contributed by atoms with Crippen LogP contribution in [-0.4, -0.2) is 30.6 Å². The van der Waals surface area contributed by atoms with E-state index in [1.54, 1.807) is 6.07 Å². The van der Waals surface area contributed by atoms with E-state index in [9.17, 15) is 4.39 Å². The second-order valence-corrected chi connectivity index (χ2v) is 5.57. The lowest BCUT2D eigenvalue weighted by atomic mass is 10.0. The standard InChI is InChI=1S/C15H22ClFN2/c1-2-19(11-13-7-3-4-9-18-13)10-12-6-5-8-14(17)15(12)16/h5-6,8,13,18H,2-4,7,9-11H2,1H3. The normalized spacial score (nSPS) is 19.9. The first-order chi connectivity index (χ1) is 9.20. The highest BCUT2D eigenvalue weighted by Gasteiger charge is 2.17. The van der Waals surface area contributed by atoms with Crippen LogP contribution >= 0.6 is 11.6 Å². The Kier molecular flexibility index (Phi) is 5.61. The third-order valence-corrected chi connectivity index (χ3v) is 4.19. The summed E-state index contributed by atoms with van der Waals surface area (Å²) in [5.74, 6) is -0.328. The third-order valence-electron chi connectivity index (χ3n) is 3.76. The van der Waals surface area contributed by atoms with E-state index in [-0.39, 0.29) is 10.8 Å². The van der Waals surface area contributed by atoms with E-state index in [0.29, 0.717) is 12.6 Å². The zero-order valence-corrected chi connectivity index (χ0v) is 12.2. The number of likely N-dealkylation sites (N-methyl/N-ethyl adjacent to an activating group) is 1. The molecule has 1 heterocycles. The van der Waals surface area contributed by atoms with Gasteiger partial charge in [0.05, 0.1) is 5.02 Å². The van der Waals surface area contributed by atoms with E-state index >= 15 is 0 Å². The van der Waals surface area contributed by atoms with Crippen LogP contribution in [0.2, 0.25) is 5.02 Å². The lowest BCUT2D eigenvalue weighted by Gasteiger charge is -2.30. The molecular weight excluding hydrogens is 263 g/mol. The van der Waals surface area contributed by atoms with Crippen molar-refractivity contribution < 1.29 is 4.39 Å². The van der Waals surface area contributed by atoms with Gasteiger partial charge in [0.15, 0.2) is 0 Å². The number of nitrogens with zero attached hydrogens (tertiary/aromatic N) is 1. The molecule has 1 aliphatic heterocycles. The number of nitrogens with one attached hydrogen (secondary N) is 1. The van der Waals surface area contributed by atoms with E-state index in [2.05, 4.69) is 17.1 Å². The lowest BCUT2D eigenvalue weighted by molar-refractivity contribution is 0.226. The quantitative estimate of drug-likeness (QED) is 0.891. The molecule has 1 aromatic rings. The molecule has 1 atom stereocenters. The summed E-state index contributed by atoms with van der Waals surface area (Å²) in [6, 6.07) is 5.59. The van der Waals surface area contributed by atoms with Crippen LogP contribution in [0.3, 0.4) is 0 Å². The number of rotatable bonds is 5. The maximum absolute atomic E-state index is 13.4. The van der Waals surface area contributed by atoms with Crippen LogP contribution < -0.4 is 5.32 Å². The first-order valence-electron chi connectivity index (χ1n) is 7.09. The molecule has 4 heteroatoms. The van der Waals surface area contributed by atoms with E-state index in [1.807, 2.05) is 6.07 Å². The average molecular weight is 285 g/mol. The van der Waals surface area contributed by atoms with Gasteiger partial charge in [-0.05, 0) is 37.6 Å². The Bertz CT molecular complexity index is 405. The van der Waals surface area contributed by atoms with Crippen LogP contribution in [-0.2, 0) is 6.54 Å². The first-order valence-corrected chi connectivity index (χ1v) is 7.47. The molecule has 1 N–H and O–H groups in total. The van der Waals surface area contributed by atoms with E-state index < -0.39 is 0 Å². The summed E-state index contributed by atoms with van der Waals surface area (Å²) in [5, 5.41) is 3.81. The van der Waals surface area contributed by atoms with Crippen molar-refractivity contribution in [3.05, 3.63) is 34.6 Å². The summed E-state index contributed by atoms with van der Waals surface area (Å²) >= 11 is 6.02. The monoisotopic (exact) mass is 284 g/mol. The van der Waals surface area contributed by atoms with Gasteiger partial charge in [-0.3, -0.25) is 4.90 Å². The van der Waals surface area contributed by atoms with Crippen molar-refractivity contribution in [3.8, 4) is 0 Å². The van der Waals surface area contributed by atoms with Crippen LogP contribution in [0.5, 0.6) is 0 Å². The molecule has 0 amide bonds. The third kappa shape index (κ3) is 4.16. The lowest BCUT2D eigenvalue weighted by Crippen LogP contribution is -2.43. The molecule has 0 saturated carbocycles. The molecule has 1 aliphatic rings. The zero-order chi connectivity index (χ0) is 13.7. The topological polar surface area (TPSA) is 15.3 Å². The van der Waals surface area contributed by atoms with Gasteiger partial charge in [0.1, 0.15) is 5.82 Å². The van der Waals surface area contributed by atoms with Crippen LogP contribution in [0.4, 0.5) is 4.39 Å².